The molecule has 7 heteroatoms. The molecule has 37 heavy (non-hydrogen) atoms. The van der Waals surface area contributed by atoms with E-state index in [0.29, 0.717) is 26.4 Å². The van der Waals surface area contributed by atoms with Crippen LogP contribution in [0.1, 0.15) is 23.6 Å². The van der Waals surface area contributed by atoms with Gasteiger partial charge in [-0.3, -0.25) is 4.74 Å². The monoisotopic (exact) mass is 506 g/mol. The van der Waals surface area contributed by atoms with Crippen LogP contribution in [0.15, 0.2) is 91.0 Å². The van der Waals surface area contributed by atoms with Gasteiger partial charge in [0, 0.05) is 14.0 Å². The van der Waals surface area contributed by atoms with Gasteiger partial charge >= 0.3 is 0 Å². The van der Waals surface area contributed by atoms with Crippen molar-refractivity contribution in [3.63, 3.8) is 0 Å². The van der Waals surface area contributed by atoms with Gasteiger partial charge in [-0.1, -0.05) is 91.0 Å². The molecule has 0 saturated carbocycles. The SMILES string of the molecule is CO[C@]1(C)O[C@H]2O[C@@H](COCc3ccccc3)[C@H](OCc3ccccc3)[C@@H](OCc3ccccc3)[C@H]2O1. The van der Waals surface area contributed by atoms with Crippen molar-refractivity contribution in [2.75, 3.05) is 13.7 Å². The first-order chi connectivity index (χ1) is 18.1. The zero-order valence-corrected chi connectivity index (χ0v) is 21.2. The molecule has 2 saturated heterocycles. The molecule has 0 N–H and O–H groups in total. The van der Waals surface area contributed by atoms with Gasteiger partial charge in [-0.15, -0.1) is 0 Å². The van der Waals surface area contributed by atoms with Crippen LogP contribution in [0.2, 0.25) is 0 Å². The van der Waals surface area contributed by atoms with Crippen molar-refractivity contribution in [1.82, 2.24) is 0 Å². The molecule has 0 unspecified atom stereocenters. The molecule has 0 aliphatic carbocycles. The molecular formula is C30H34O7. The third-order valence-electron chi connectivity index (χ3n) is 6.61. The van der Waals surface area contributed by atoms with Crippen LogP contribution in [0.25, 0.3) is 0 Å². The number of hydrogen-bond acceptors (Lipinski definition) is 7. The van der Waals surface area contributed by atoms with Crippen LogP contribution in [-0.2, 0) is 53.0 Å². The Labute approximate surface area is 218 Å². The van der Waals surface area contributed by atoms with E-state index >= 15 is 0 Å². The minimum Gasteiger partial charge on any atom is -0.374 e. The number of benzene rings is 3. The zero-order valence-electron chi connectivity index (χ0n) is 21.2. The highest BCUT2D eigenvalue weighted by molar-refractivity contribution is 5.15. The lowest BCUT2D eigenvalue weighted by molar-refractivity contribution is -0.334. The van der Waals surface area contributed by atoms with Crippen molar-refractivity contribution < 1.29 is 33.2 Å². The Balaban J connectivity index is 1.36. The van der Waals surface area contributed by atoms with Crippen LogP contribution < -0.4 is 0 Å². The second kappa shape index (κ2) is 12.3. The normalized spacial score (nSPS) is 29.2. The standard InChI is InChI=1S/C30H34O7/c1-30(31-2)36-28-27(34-20-24-16-10-5-11-17-24)26(33-19-23-14-8-4-9-15-23)25(35-29(28)37-30)21-32-18-22-12-6-3-7-13-22/h3-17,25-29H,18-21H2,1-2H3/t25-,26-,27+,28+,29+,30-/m0/s1. The molecule has 0 amide bonds. The predicted octanol–water partition coefficient (Wildman–Crippen LogP) is 4.83. The van der Waals surface area contributed by atoms with Gasteiger partial charge in [0.2, 0.25) is 0 Å². The first-order valence-corrected chi connectivity index (χ1v) is 12.6. The van der Waals surface area contributed by atoms with Crippen molar-refractivity contribution in [2.24, 2.45) is 0 Å². The smallest absolute Gasteiger partial charge is 0.282 e. The Kier molecular flexibility index (Phi) is 8.63. The summed E-state index contributed by atoms with van der Waals surface area (Å²) >= 11 is 0. The van der Waals surface area contributed by atoms with Crippen molar-refractivity contribution in [2.45, 2.75) is 63.4 Å². The molecule has 2 heterocycles. The lowest BCUT2D eigenvalue weighted by atomic mass is 9.98. The molecule has 2 aliphatic heterocycles. The number of rotatable bonds is 11. The molecule has 0 radical (unpaired) electrons. The summed E-state index contributed by atoms with van der Waals surface area (Å²) in [5.41, 5.74) is 3.19. The Morgan fingerprint density at radius 1 is 0.676 bits per heavy atom. The van der Waals surface area contributed by atoms with Crippen LogP contribution >= 0.6 is 0 Å². The average Bonchev–Trinajstić information content (AvgIpc) is 3.29. The first kappa shape index (κ1) is 26.0. The maximum atomic E-state index is 6.50. The summed E-state index contributed by atoms with van der Waals surface area (Å²) in [6, 6.07) is 30.1. The number of hydrogen-bond donors (Lipinski definition) is 0. The second-order valence-electron chi connectivity index (χ2n) is 9.33. The summed E-state index contributed by atoms with van der Waals surface area (Å²) in [6.45, 7) is 3.28. The summed E-state index contributed by atoms with van der Waals surface area (Å²) < 4.78 is 43.2. The second-order valence-corrected chi connectivity index (χ2v) is 9.33. The molecule has 0 spiro atoms. The van der Waals surface area contributed by atoms with Gasteiger partial charge in [-0.05, 0) is 16.7 Å². The lowest BCUT2D eigenvalue weighted by Crippen LogP contribution is -2.59. The van der Waals surface area contributed by atoms with E-state index in [1.165, 1.54) is 0 Å². The van der Waals surface area contributed by atoms with Gasteiger partial charge in [-0.2, -0.15) is 0 Å². The molecule has 6 atom stereocenters. The predicted molar refractivity (Wildman–Crippen MR) is 136 cm³/mol. The number of fused-ring (bicyclic) bond motifs is 1. The quantitative estimate of drug-likeness (QED) is 0.369. The third-order valence-corrected chi connectivity index (χ3v) is 6.61. The van der Waals surface area contributed by atoms with E-state index in [4.69, 9.17) is 33.2 Å². The highest BCUT2D eigenvalue weighted by atomic mass is 16.9. The van der Waals surface area contributed by atoms with Gasteiger partial charge in [-0.25, -0.2) is 0 Å². The van der Waals surface area contributed by atoms with Crippen molar-refractivity contribution in [3.8, 4) is 0 Å². The van der Waals surface area contributed by atoms with E-state index in [-0.39, 0.29) is 0 Å². The van der Waals surface area contributed by atoms with Gasteiger partial charge in [0.05, 0.1) is 26.4 Å². The number of methoxy groups -OCH3 is 1. The van der Waals surface area contributed by atoms with Crippen LogP contribution in [0.3, 0.4) is 0 Å². The first-order valence-electron chi connectivity index (χ1n) is 12.6. The van der Waals surface area contributed by atoms with Crippen LogP contribution in [0.4, 0.5) is 0 Å². The fourth-order valence-corrected chi connectivity index (χ4v) is 4.61. The number of ether oxygens (including phenoxy) is 7. The Bertz CT molecular complexity index is 1080. The molecule has 2 aliphatic rings. The molecule has 5 rings (SSSR count). The van der Waals surface area contributed by atoms with Crippen molar-refractivity contribution >= 4 is 0 Å². The van der Waals surface area contributed by atoms with E-state index < -0.39 is 36.7 Å². The van der Waals surface area contributed by atoms with Crippen molar-refractivity contribution in [1.29, 1.82) is 0 Å². The summed E-state index contributed by atoms with van der Waals surface area (Å²) in [7, 11) is 1.54. The molecule has 0 aromatic heterocycles. The van der Waals surface area contributed by atoms with E-state index in [2.05, 4.69) is 0 Å². The van der Waals surface area contributed by atoms with Crippen molar-refractivity contribution in [3.05, 3.63) is 108 Å². The lowest BCUT2D eigenvalue weighted by Gasteiger charge is -2.42. The Hall–Kier alpha value is -2.62. The largest absolute Gasteiger partial charge is 0.374 e. The highest BCUT2D eigenvalue weighted by Crippen LogP contribution is 2.39. The maximum Gasteiger partial charge on any atom is 0.282 e. The molecule has 196 valence electrons. The van der Waals surface area contributed by atoms with E-state index in [9.17, 15) is 0 Å². The fourth-order valence-electron chi connectivity index (χ4n) is 4.61. The van der Waals surface area contributed by atoms with Gasteiger partial charge in [0.15, 0.2) is 6.29 Å². The zero-order chi connectivity index (χ0) is 25.5. The molecule has 3 aromatic rings. The molecule has 7 nitrogen and oxygen atoms in total. The molecular weight excluding hydrogens is 472 g/mol. The molecule has 0 bridgehead atoms. The van der Waals surface area contributed by atoms with Crippen LogP contribution in [-0.4, -0.2) is 50.4 Å². The Morgan fingerprint density at radius 3 is 1.73 bits per heavy atom. The van der Waals surface area contributed by atoms with Crippen LogP contribution in [0, 0.1) is 0 Å². The van der Waals surface area contributed by atoms with Gasteiger partial charge < -0.3 is 28.4 Å². The minimum atomic E-state index is -1.24. The summed E-state index contributed by atoms with van der Waals surface area (Å²) in [5, 5.41) is 0. The topological polar surface area (TPSA) is 64.6 Å². The average molecular weight is 507 g/mol. The maximum absolute atomic E-state index is 6.50. The summed E-state index contributed by atoms with van der Waals surface area (Å²) in [6.07, 6.45) is -2.63. The molecule has 2 fully saturated rings. The minimum absolute atomic E-state index is 0.301. The Morgan fingerprint density at radius 2 is 1.19 bits per heavy atom. The van der Waals surface area contributed by atoms with E-state index in [1.54, 1.807) is 14.0 Å². The summed E-state index contributed by atoms with van der Waals surface area (Å²) in [5.74, 6) is -1.24. The van der Waals surface area contributed by atoms with Gasteiger partial charge in [0.1, 0.15) is 24.4 Å². The van der Waals surface area contributed by atoms with Crippen LogP contribution in [0.5, 0.6) is 0 Å². The summed E-state index contributed by atoms with van der Waals surface area (Å²) in [4.78, 5) is 0. The fraction of sp³-hybridized carbons (Fsp3) is 0.400. The van der Waals surface area contributed by atoms with Gasteiger partial charge in [0.25, 0.3) is 5.97 Å². The van der Waals surface area contributed by atoms with E-state index in [1.807, 2.05) is 91.0 Å². The highest BCUT2D eigenvalue weighted by Gasteiger charge is 2.57. The third kappa shape index (κ3) is 6.64. The van der Waals surface area contributed by atoms with E-state index in [0.717, 1.165) is 16.7 Å². The molecule has 3 aromatic carbocycles.